The van der Waals surface area contributed by atoms with E-state index in [1.807, 2.05) is 18.2 Å². The zero-order valence-corrected chi connectivity index (χ0v) is 11.5. The van der Waals surface area contributed by atoms with E-state index in [4.69, 9.17) is 4.74 Å². The van der Waals surface area contributed by atoms with Crippen LogP contribution in [0.1, 0.15) is 15.9 Å². The Kier molecular flexibility index (Phi) is 4.10. The minimum absolute atomic E-state index is 0.0329. The number of carbonyl (C=O) groups excluding carboxylic acids is 1. The Balaban J connectivity index is 2.24. The molecule has 0 spiro atoms. The first-order chi connectivity index (χ1) is 8.70. The maximum absolute atomic E-state index is 12.2. The molecular weight excluding hydrogens is 294 g/mol. The van der Waals surface area contributed by atoms with Crippen molar-refractivity contribution >= 4 is 21.7 Å². The summed E-state index contributed by atoms with van der Waals surface area (Å²) >= 11 is 3.35. The molecule has 0 unspecified atom stereocenters. The molecule has 2 rings (SSSR count). The second-order valence-corrected chi connectivity index (χ2v) is 4.72. The molecule has 2 aromatic rings. The minimum Gasteiger partial charge on any atom is -0.496 e. The van der Waals surface area contributed by atoms with Gasteiger partial charge in [0.15, 0.2) is 5.78 Å². The lowest BCUT2D eigenvalue weighted by Crippen LogP contribution is -2.05. The third kappa shape index (κ3) is 2.96. The van der Waals surface area contributed by atoms with Crippen molar-refractivity contribution in [2.45, 2.75) is 6.42 Å². The second kappa shape index (κ2) is 5.78. The normalized spacial score (nSPS) is 10.1. The van der Waals surface area contributed by atoms with Gasteiger partial charge in [0.1, 0.15) is 5.75 Å². The molecule has 3 nitrogen and oxygen atoms in total. The van der Waals surface area contributed by atoms with E-state index in [0.717, 1.165) is 10.0 Å². The number of benzene rings is 1. The molecule has 0 saturated carbocycles. The van der Waals surface area contributed by atoms with Crippen LogP contribution in [0.4, 0.5) is 0 Å². The van der Waals surface area contributed by atoms with Crippen molar-refractivity contribution < 1.29 is 9.53 Å². The molecule has 0 radical (unpaired) electrons. The van der Waals surface area contributed by atoms with Crippen molar-refractivity contribution in [3.63, 3.8) is 0 Å². The molecule has 0 aliphatic heterocycles. The fourth-order valence-electron chi connectivity index (χ4n) is 1.68. The molecule has 1 aromatic heterocycles. The van der Waals surface area contributed by atoms with Crippen molar-refractivity contribution in [3.05, 3.63) is 58.3 Å². The molecule has 1 heterocycles. The smallest absolute Gasteiger partial charge is 0.170 e. The van der Waals surface area contributed by atoms with Crippen LogP contribution in [0, 0.1) is 0 Å². The molecular formula is C14H12BrNO2. The van der Waals surface area contributed by atoms with Crippen LogP contribution in [0.25, 0.3) is 0 Å². The Morgan fingerprint density at radius 2 is 2.00 bits per heavy atom. The third-order valence-corrected chi connectivity index (χ3v) is 3.07. The van der Waals surface area contributed by atoms with Gasteiger partial charge in [-0.25, -0.2) is 0 Å². The molecule has 0 amide bonds. The second-order valence-electron chi connectivity index (χ2n) is 3.80. The summed E-state index contributed by atoms with van der Waals surface area (Å²) < 4.78 is 6.11. The van der Waals surface area contributed by atoms with Crippen molar-refractivity contribution in [1.29, 1.82) is 0 Å². The molecule has 0 fully saturated rings. The largest absolute Gasteiger partial charge is 0.496 e. The summed E-state index contributed by atoms with van der Waals surface area (Å²) in [6.07, 6.45) is 3.71. The van der Waals surface area contributed by atoms with Crippen LogP contribution < -0.4 is 4.74 Å². The van der Waals surface area contributed by atoms with E-state index in [1.165, 1.54) is 0 Å². The first kappa shape index (κ1) is 12.8. The summed E-state index contributed by atoms with van der Waals surface area (Å²) in [4.78, 5) is 16.1. The van der Waals surface area contributed by atoms with Gasteiger partial charge in [-0.05, 0) is 35.9 Å². The predicted octanol–water partition coefficient (Wildman–Crippen LogP) is 3.28. The summed E-state index contributed by atoms with van der Waals surface area (Å²) in [7, 11) is 1.56. The van der Waals surface area contributed by atoms with E-state index in [-0.39, 0.29) is 5.78 Å². The van der Waals surface area contributed by atoms with Crippen LogP contribution >= 0.6 is 15.9 Å². The zero-order chi connectivity index (χ0) is 13.0. The van der Waals surface area contributed by atoms with E-state index in [1.54, 1.807) is 31.6 Å². The van der Waals surface area contributed by atoms with Gasteiger partial charge >= 0.3 is 0 Å². The first-order valence-electron chi connectivity index (χ1n) is 5.46. The highest BCUT2D eigenvalue weighted by Crippen LogP contribution is 2.24. The van der Waals surface area contributed by atoms with Crippen molar-refractivity contribution in [3.8, 4) is 5.75 Å². The number of Topliss-reactive ketones (excluding diaryl/α,β-unsaturated/α-hetero) is 1. The number of hydrogen-bond acceptors (Lipinski definition) is 3. The Hall–Kier alpha value is -1.68. The summed E-state index contributed by atoms with van der Waals surface area (Å²) in [6.45, 7) is 0. The lowest BCUT2D eigenvalue weighted by molar-refractivity contribution is 0.0990. The fourth-order valence-corrected chi connectivity index (χ4v) is 2.02. The van der Waals surface area contributed by atoms with E-state index in [9.17, 15) is 4.79 Å². The molecule has 0 aliphatic rings. The first-order valence-corrected chi connectivity index (χ1v) is 6.25. The van der Waals surface area contributed by atoms with E-state index >= 15 is 0 Å². The van der Waals surface area contributed by atoms with Gasteiger partial charge in [-0.15, -0.1) is 0 Å². The van der Waals surface area contributed by atoms with Gasteiger partial charge in [0.05, 0.1) is 12.7 Å². The van der Waals surface area contributed by atoms with Crippen LogP contribution in [-0.2, 0) is 6.42 Å². The van der Waals surface area contributed by atoms with Gasteiger partial charge in [0.25, 0.3) is 0 Å². The molecule has 18 heavy (non-hydrogen) atoms. The Bertz CT molecular complexity index is 555. The maximum atomic E-state index is 12.2. The number of methoxy groups -OCH3 is 1. The van der Waals surface area contributed by atoms with Crippen LogP contribution in [-0.4, -0.2) is 17.9 Å². The van der Waals surface area contributed by atoms with Crippen LogP contribution in [0.2, 0.25) is 0 Å². The van der Waals surface area contributed by atoms with Gasteiger partial charge < -0.3 is 4.74 Å². The van der Waals surface area contributed by atoms with Gasteiger partial charge in [0, 0.05) is 23.3 Å². The Labute approximate surface area is 114 Å². The molecule has 92 valence electrons. The molecule has 4 heteroatoms. The van der Waals surface area contributed by atoms with Crippen LogP contribution in [0.3, 0.4) is 0 Å². The number of pyridine rings is 1. The van der Waals surface area contributed by atoms with Gasteiger partial charge in [-0.3, -0.25) is 9.78 Å². The summed E-state index contributed by atoms with van der Waals surface area (Å²) in [5.41, 5.74) is 1.54. The predicted molar refractivity (Wildman–Crippen MR) is 73.0 cm³/mol. The number of nitrogens with zero attached hydrogens (tertiary/aromatic N) is 1. The quantitative estimate of drug-likeness (QED) is 0.814. The molecule has 0 N–H and O–H groups in total. The number of halogens is 1. The zero-order valence-electron chi connectivity index (χ0n) is 9.89. The van der Waals surface area contributed by atoms with Gasteiger partial charge in [-0.1, -0.05) is 15.9 Å². The highest BCUT2D eigenvalue weighted by molar-refractivity contribution is 9.10. The number of aromatic nitrogens is 1. The molecule has 1 aromatic carbocycles. The van der Waals surface area contributed by atoms with Gasteiger partial charge in [-0.2, -0.15) is 0 Å². The molecule has 0 bridgehead atoms. The third-order valence-electron chi connectivity index (χ3n) is 2.58. The maximum Gasteiger partial charge on any atom is 0.170 e. The van der Waals surface area contributed by atoms with Crippen LogP contribution in [0.15, 0.2) is 47.2 Å². The van der Waals surface area contributed by atoms with Crippen LogP contribution in [0.5, 0.6) is 5.75 Å². The number of ketones is 1. The standard InChI is InChI=1S/C14H12BrNO2/c1-18-14-9-11(15)2-3-12(14)13(17)8-10-4-6-16-7-5-10/h2-7,9H,8H2,1H3. The average molecular weight is 306 g/mol. The molecule has 0 aliphatic carbocycles. The Morgan fingerprint density at radius 1 is 1.28 bits per heavy atom. The SMILES string of the molecule is COc1cc(Br)ccc1C(=O)Cc1ccncc1. The summed E-state index contributed by atoms with van der Waals surface area (Å²) in [5, 5.41) is 0. The Morgan fingerprint density at radius 3 is 2.67 bits per heavy atom. The highest BCUT2D eigenvalue weighted by Gasteiger charge is 2.13. The van der Waals surface area contributed by atoms with Crippen molar-refractivity contribution in [2.24, 2.45) is 0 Å². The molecule has 0 saturated heterocycles. The van der Waals surface area contributed by atoms with E-state index in [2.05, 4.69) is 20.9 Å². The average Bonchev–Trinajstić information content (AvgIpc) is 2.39. The number of rotatable bonds is 4. The number of hydrogen-bond donors (Lipinski definition) is 0. The minimum atomic E-state index is 0.0329. The lowest BCUT2D eigenvalue weighted by atomic mass is 10.0. The summed E-state index contributed by atoms with van der Waals surface area (Å²) in [6, 6.07) is 9.07. The van der Waals surface area contributed by atoms with Crippen molar-refractivity contribution in [1.82, 2.24) is 4.98 Å². The van der Waals surface area contributed by atoms with Crippen molar-refractivity contribution in [2.75, 3.05) is 7.11 Å². The van der Waals surface area contributed by atoms with E-state index < -0.39 is 0 Å². The van der Waals surface area contributed by atoms with Gasteiger partial charge in [0.2, 0.25) is 0 Å². The highest BCUT2D eigenvalue weighted by atomic mass is 79.9. The number of carbonyl (C=O) groups is 1. The number of ether oxygens (including phenoxy) is 1. The van der Waals surface area contributed by atoms with E-state index in [0.29, 0.717) is 17.7 Å². The topological polar surface area (TPSA) is 39.2 Å². The lowest BCUT2D eigenvalue weighted by Gasteiger charge is -2.08. The monoisotopic (exact) mass is 305 g/mol. The molecule has 0 atom stereocenters. The summed E-state index contributed by atoms with van der Waals surface area (Å²) in [5.74, 6) is 0.619. The fraction of sp³-hybridized carbons (Fsp3) is 0.143.